The van der Waals surface area contributed by atoms with Crippen molar-refractivity contribution >= 4 is 0 Å². The first-order valence-electron chi connectivity index (χ1n) is 5.39. The molecule has 0 atom stereocenters. The van der Waals surface area contributed by atoms with E-state index in [0.717, 1.165) is 44.7 Å². The van der Waals surface area contributed by atoms with E-state index in [1.54, 1.807) is 6.33 Å². The highest BCUT2D eigenvalue weighted by atomic mass is 15.3. The van der Waals surface area contributed by atoms with Crippen molar-refractivity contribution in [3.63, 3.8) is 0 Å². The summed E-state index contributed by atoms with van der Waals surface area (Å²) < 4.78 is 1.90. The normalized spacial score (nSPS) is 10.1. The second kappa shape index (κ2) is 7.02. The minimum atomic E-state index is 0.782. The molecule has 1 heterocycles. The molecule has 15 heavy (non-hydrogen) atoms. The molecule has 1 N–H and O–H groups in total. The maximum Gasteiger partial charge on any atom is 0.140 e. The third-order valence-electron chi connectivity index (χ3n) is 2.20. The Morgan fingerprint density at radius 3 is 3.13 bits per heavy atom. The lowest BCUT2D eigenvalue weighted by Gasteiger charge is -2.04. The smallest absolute Gasteiger partial charge is 0.140 e. The number of terminal acetylenes is 1. The molecule has 0 saturated carbocycles. The number of aryl methyl sites for hydroxylation is 1. The molecule has 1 aromatic heterocycles. The Morgan fingerprint density at radius 2 is 2.40 bits per heavy atom. The second-order valence-corrected chi connectivity index (χ2v) is 3.33. The molecular formula is C11H18N4. The van der Waals surface area contributed by atoms with Crippen LogP contribution in [0.5, 0.6) is 0 Å². The van der Waals surface area contributed by atoms with Crippen LogP contribution in [0.25, 0.3) is 0 Å². The van der Waals surface area contributed by atoms with Crippen LogP contribution in [-0.2, 0) is 13.1 Å². The summed E-state index contributed by atoms with van der Waals surface area (Å²) in [6, 6.07) is 0. The molecule has 0 unspecified atom stereocenters. The molecule has 0 aliphatic carbocycles. The molecular weight excluding hydrogens is 188 g/mol. The quantitative estimate of drug-likeness (QED) is 0.538. The van der Waals surface area contributed by atoms with Crippen molar-refractivity contribution in [2.45, 2.75) is 39.3 Å². The van der Waals surface area contributed by atoms with Gasteiger partial charge in [-0.3, -0.25) is 0 Å². The van der Waals surface area contributed by atoms with Crippen LogP contribution in [0.1, 0.15) is 32.0 Å². The van der Waals surface area contributed by atoms with Crippen molar-refractivity contribution in [2.75, 3.05) is 6.54 Å². The highest BCUT2D eigenvalue weighted by molar-refractivity contribution is 4.84. The van der Waals surface area contributed by atoms with Crippen LogP contribution in [0.4, 0.5) is 0 Å². The molecule has 0 aliphatic heterocycles. The van der Waals surface area contributed by atoms with Gasteiger partial charge in [0.25, 0.3) is 0 Å². The van der Waals surface area contributed by atoms with E-state index < -0.39 is 0 Å². The Morgan fingerprint density at radius 1 is 1.53 bits per heavy atom. The fraction of sp³-hybridized carbons (Fsp3) is 0.636. The molecule has 0 aliphatic rings. The Balaban J connectivity index is 2.12. The summed E-state index contributed by atoms with van der Waals surface area (Å²) in [5.74, 6) is 3.63. The van der Waals surface area contributed by atoms with Gasteiger partial charge < -0.3 is 5.32 Å². The number of aromatic nitrogens is 3. The maximum absolute atomic E-state index is 5.17. The number of hydrogen-bond acceptors (Lipinski definition) is 3. The van der Waals surface area contributed by atoms with Crippen LogP contribution >= 0.6 is 0 Å². The molecule has 0 amide bonds. The third-order valence-corrected chi connectivity index (χ3v) is 2.20. The van der Waals surface area contributed by atoms with Gasteiger partial charge >= 0.3 is 0 Å². The van der Waals surface area contributed by atoms with Gasteiger partial charge in [-0.15, -0.1) is 12.3 Å². The van der Waals surface area contributed by atoms with E-state index in [1.807, 2.05) is 4.68 Å². The summed E-state index contributed by atoms with van der Waals surface area (Å²) in [5, 5.41) is 7.43. The fourth-order valence-corrected chi connectivity index (χ4v) is 1.37. The standard InChI is InChI=1S/C11H18N4/c1-3-5-6-7-8-12-9-11-13-10-14-15(11)4-2/h1,10,12H,4-9H2,2H3. The zero-order valence-corrected chi connectivity index (χ0v) is 9.24. The summed E-state index contributed by atoms with van der Waals surface area (Å²) in [6.07, 6.45) is 9.83. The first kappa shape index (κ1) is 11.7. The summed E-state index contributed by atoms with van der Waals surface area (Å²) in [7, 11) is 0. The van der Waals surface area contributed by atoms with Crippen molar-refractivity contribution in [2.24, 2.45) is 0 Å². The van der Waals surface area contributed by atoms with Gasteiger partial charge in [0, 0.05) is 13.0 Å². The van der Waals surface area contributed by atoms with Crippen LogP contribution in [0.15, 0.2) is 6.33 Å². The lowest BCUT2D eigenvalue weighted by Crippen LogP contribution is -2.18. The van der Waals surface area contributed by atoms with Crippen LogP contribution in [0.2, 0.25) is 0 Å². The Hall–Kier alpha value is -1.34. The SMILES string of the molecule is C#CCCCCNCc1ncnn1CC. The highest BCUT2D eigenvalue weighted by Crippen LogP contribution is 1.95. The molecule has 0 fully saturated rings. The number of rotatable bonds is 7. The lowest BCUT2D eigenvalue weighted by atomic mass is 10.2. The van der Waals surface area contributed by atoms with Crippen LogP contribution in [0.3, 0.4) is 0 Å². The molecule has 1 aromatic rings. The van der Waals surface area contributed by atoms with E-state index in [1.165, 1.54) is 0 Å². The van der Waals surface area contributed by atoms with Crippen molar-refractivity contribution < 1.29 is 0 Å². The maximum atomic E-state index is 5.17. The van der Waals surface area contributed by atoms with E-state index in [9.17, 15) is 0 Å². The Bertz CT molecular complexity index is 311. The fourth-order valence-electron chi connectivity index (χ4n) is 1.37. The van der Waals surface area contributed by atoms with E-state index in [0.29, 0.717) is 0 Å². The van der Waals surface area contributed by atoms with Crippen molar-refractivity contribution in [3.05, 3.63) is 12.2 Å². The average molecular weight is 206 g/mol. The van der Waals surface area contributed by atoms with Gasteiger partial charge in [-0.2, -0.15) is 5.10 Å². The predicted molar refractivity (Wildman–Crippen MR) is 60.1 cm³/mol. The van der Waals surface area contributed by atoms with Crippen LogP contribution in [-0.4, -0.2) is 21.3 Å². The number of hydrogen-bond donors (Lipinski definition) is 1. The van der Waals surface area contributed by atoms with Crippen molar-refractivity contribution in [1.29, 1.82) is 0 Å². The molecule has 0 aromatic carbocycles. The summed E-state index contributed by atoms with van der Waals surface area (Å²) in [6.45, 7) is 4.70. The van der Waals surface area contributed by atoms with E-state index >= 15 is 0 Å². The summed E-state index contributed by atoms with van der Waals surface area (Å²) >= 11 is 0. The third kappa shape index (κ3) is 4.13. The highest BCUT2D eigenvalue weighted by Gasteiger charge is 2.00. The molecule has 4 heteroatoms. The zero-order chi connectivity index (χ0) is 10.9. The van der Waals surface area contributed by atoms with Gasteiger partial charge in [-0.25, -0.2) is 9.67 Å². The number of nitrogens with one attached hydrogen (secondary N) is 1. The monoisotopic (exact) mass is 206 g/mol. The van der Waals surface area contributed by atoms with Gasteiger partial charge in [-0.1, -0.05) is 0 Å². The molecule has 0 radical (unpaired) electrons. The zero-order valence-electron chi connectivity index (χ0n) is 9.24. The number of unbranched alkanes of at least 4 members (excludes halogenated alkanes) is 2. The van der Waals surface area contributed by atoms with Gasteiger partial charge in [0.05, 0.1) is 6.54 Å². The molecule has 0 spiro atoms. The lowest BCUT2D eigenvalue weighted by molar-refractivity contribution is 0.559. The first-order chi connectivity index (χ1) is 7.38. The molecule has 0 saturated heterocycles. The molecule has 82 valence electrons. The first-order valence-corrected chi connectivity index (χ1v) is 5.39. The second-order valence-electron chi connectivity index (χ2n) is 3.33. The van der Waals surface area contributed by atoms with Crippen molar-refractivity contribution in [3.8, 4) is 12.3 Å². The summed E-state index contributed by atoms with van der Waals surface area (Å²) in [5.41, 5.74) is 0. The van der Waals surface area contributed by atoms with Crippen LogP contribution < -0.4 is 5.32 Å². The minimum Gasteiger partial charge on any atom is -0.310 e. The van der Waals surface area contributed by atoms with E-state index in [2.05, 4.69) is 28.2 Å². The minimum absolute atomic E-state index is 0.782. The summed E-state index contributed by atoms with van der Waals surface area (Å²) in [4.78, 5) is 4.18. The average Bonchev–Trinajstić information content (AvgIpc) is 2.70. The molecule has 1 rings (SSSR count). The Kier molecular flexibility index (Phi) is 5.49. The number of nitrogens with zero attached hydrogens (tertiary/aromatic N) is 3. The largest absolute Gasteiger partial charge is 0.310 e. The molecule has 4 nitrogen and oxygen atoms in total. The van der Waals surface area contributed by atoms with E-state index in [-0.39, 0.29) is 0 Å². The van der Waals surface area contributed by atoms with Gasteiger partial charge in [0.1, 0.15) is 12.2 Å². The van der Waals surface area contributed by atoms with Crippen molar-refractivity contribution in [1.82, 2.24) is 20.1 Å². The molecule has 0 bridgehead atoms. The topological polar surface area (TPSA) is 42.7 Å². The van der Waals surface area contributed by atoms with Gasteiger partial charge in [0.15, 0.2) is 0 Å². The van der Waals surface area contributed by atoms with E-state index in [4.69, 9.17) is 6.42 Å². The van der Waals surface area contributed by atoms with Gasteiger partial charge in [-0.05, 0) is 26.3 Å². The van der Waals surface area contributed by atoms with Crippen LogP contribution in [0, 0.1) is 12.3 Å². The Labute approximate surface area is 91.1 Å². The predicted octanol–water partition coefficient (Wildman–Crippen LogP) is 1.19. The van der Waals surface area contributed by atoms with Gasteiger partial charge in [0.2, 0.25) is 0 Å².